The van der Waals surface area contributed by atoms with Crippen molar-refractivity contribution in [3.8, 4) is 0 Å². The molecule has 1 saturated heterocycles. The van der Waals surface area contributed by atoms with Gasteiger partial charge in [-0.3, -0.25) is 14.5 Å². The third-order valence-electron chi connectivity index (χ3n) is 5.29. The highest BCUT2D eigenvalue weighted by Gasteiger charge is 2.35. The minimum atomic E-state index is 0.0636. The standard InChI is InChI=1S/C20H23N3O3/c1-14-11-17-16(20(26-21-17)22-10-6-5-9-18(22)24)13-23(14)19(25)12-15-7-3-2-4-8-15/h2-4,7-8,14H,5-6,9-13H2,1H3/t14-/m0/s1. The minimum Gasteiger partial charge on any atom is -0.338 e. The molecule has 6 nitrogen and oxygen atoms in total. The fraction of sp³-hybridized carbons (Fsp3) is 0.450. The van der Waals surface area contributed by atoms with E-state index in [9.17, 15) is 9.59 Å². The highest BCUT2D eigenvalue weighted by atomic mass is 16.5. The Labute approximate surface area is 152 Å². The van der Waals surface area contributed by atoms with E-state index >= 15 is 0 Å². The van der Waals surface area contributed by atoms with E-state index in [-0.39, 0.29) is 17.9 Å². The average molecular weight is 353 g/mol. The maximum atomic E-state index is 12.9. The predicted octanol–water partition coefficient (Wildman–Crippen LogP) is 2.71. The van der Waals surface area contributed by atoms with Crippen molar-refractivity contribution >= 4 is 17.7 Å². The third kappa shape index (κ3) is 3.11. The van der Waals surface area contributed by atoms with Gasteiger partial charge in [0.2, 0.25) is 17.7 Å². The Hall–Kier alpha value is -2.63. The fourth-order valence-electron chi connectivity index (χ4n) is 3.81. The van der Waals surface area contributed by atoms with Crippen LogP contribution in [0, 0.1) is 0 Å². The van der Waals surface area contributed by atoms with Gasteiger partial charge in [0.15, 0.2) is 0 Å². The first-order valence-corrected chi connectivity index (χ1v) is 9.24. The second-order valence-corrected chi connectivity index (χ2v) is 7.15. The van der Waals surface area contributed by atoms with Crippen molar-refractivity contribution in [2.24, 2.45) is 0 Å². The summed E-state index contributed by atoms with van der Waals surface area (Å²) < 4.78 is 5.54. The van der Waals surface area contributed by atoms with E-state index in [4.69, 9.17) is 4.52 Å². The van der Waals surface area contributed by atoms with Crippen LogP contribution in [0.25, 0.3) is 0 Å². The van der Waals surface area contributed by atoms with Gasteiger partial charge in [0.25, 0.3) is 0 Å². The second-order valence-electron chi connectivity index (χ2n) is 7.15. The van der Waals surface area contributed by atoms with Gasteiger partial charge in [0.05, 0.1) is 24.2 Å². The molecule has 26 heavy (non-hydrogen) atoms. The summed E-state index contributed by atoms with van der Waals surface area (Å²) in [7, 11) is 0. The first-order chi connectivity index (χ1) is 12.6. The SMILES string of the molecule is C[C@H]1Cc2noc(N3CCCCC3=O)c2CN1C(=O)Cc1ccccc1. The van der Waals surface area contributed by atoms with Crippen molar-refractivity contribution in [2.75, 3.05) is 11.4 Å². The van der Waals surface area contributed by atoms with Gasteiger partial charge < -0.3 is 9.42 Å². The molecule has 0 unspecified atom stereocenters. The number of piperidine rings is 1. The Balaban J connectivity index is 1.56. The summed E-state index contributed by atoms with van der Waals surface area (Å²) in [6.07, 6.45) is 3.46. The molecule has 1 fully saturated rings. The smallest absolute Gasteiger partial charge is 0.239 e. The molecule has 0 spiro atoms. The lowest BCUT2D eigenvalue weighted by atomic mass is 9.99. The van der Waals surface area contributed by atoms with Crippen molar-refractivity contribution in [1.29, 1.82) is 0 Å². The molecule has 1 aromatic carbocycles. The number of aromatic nitrogens is 1. The van der Waals surface area contributed by atoms with Gasteiger partial charge in [-0.1, -0.05) is 35.5 Å². The zero-order valence-corrected chi connectivity index (χ0v) is 15.0. The number of hydrogen-bond acceptors (Lipinski definition) is 4. The summed E-state index contributed by atoms with van der Waals surface area (Å²) in [6.45, 7) is 3.14. The van der Waals surface area contributed by atoms with Crippen molar-refractivity contribution < 1.29 is 14.1 Å². The quantitative estimate of drug-likeness (QED) is 0.851. The Kier molecular flexibility index (Phi) is 4.49. The van der Waals surface area contributed by atoms with E-state index < -0.39 is 0 Å². The molecule has 0 bridgehead atoms. The zero-order valence-electron chi connectivity index (χ0n) is 15.0. The van der Waals surface area contributed by atoms with Crippen LogP contribution in [0.4, 0.5) is 5.88 Å². The van der Waals surface area contributed by atoms with Crippen LogP contribution in [0.2, 0.25) is 0 Å². The number of carbonyl (C=O) groups excluding carboxylic acids is 2. The number of fused-ring (bicyclic) bond motifs is 1. The number of carbonyl (C=O) groups is 2. The molecule has 136 valence electrons. The van der Waals surface area contributed by atoms with Crippen LogP contribution in [-0.4, -0.2) is 34.5 Å². The molecule has 1 atom stereocenters. The molecule has 2 aliphatic rings. The highest BCUT2D eigenvalue weighted by molar-refractivity contribution is 5.93. The van der Waals surface area contributed by atoms with Crippen molar-refractivity contribution in [3.05, 3.63) is 47.2 Å². The largest absolute Gasteiger partial charge is 0.338 e. The van der Waals surface area contributed by atoms with E-state index in [1.165, 1.54) is 0 Å². The molecule has 0 radical (unpaired) electrons. The van der Waals surface area contributed by atoms with Gasteiger partial charge >= 0.3 is 0 Å². The number of rotatable bonds is 3. The first-order valence-electron chi connectivity index (χ1n) is 9.24. The van der Waals surface area contributed by atoms with Gasteiger partial charge in [0.1, 0.15) is 0 Å². The van der Waals surface area contributed by atoms with Crippen molar-refractivity contribution in [3.63, 3.8) is 0 Å². The summed E-state index contributed by atoms with van der Waals surface area (Å²) >= 11 is 0. The monoisotopic (exact) mass is 353 g/mol. The molecule has 1 aromatic heterocycles. The van der Waals surface area contributed by atoms with Crippen LogP contribution < -0.4 is 4.90 Å². The molecule has 3 heterocycles. The third-order valence-corrected chi connectivity index (χ3v) is 5.29. The van der Waals surface area contributed by atoms with Crippen LogP contribution in [0.15, 0.2) is 34.9 Å². The van der Waals surface area contributed by atoms with Crippen molar-refractivity contribution in [1.82, 2.24) is 10.1 Å². The Morgan fingerprint density at radius 1 is 1.27 bits per heavy atom. The molecule has 2 aromatic rings. The van der Waals surface area contributed by atoms with Crippen LogP contribution in [0.5, 0.6) is 0 Å². The molecule has 0 aliphatic carbocycles. The first kappa shape index (κ1) is 16.8. The molecule has 6 heteroatoms. The lowest BCUT2D eigenvalue weighted by Gasteiger charge is -2.34. The lowest BCUT2D eigenvalue weighted by Crippen LogP contribution is -2.44. The van der Waals surface area contributed by atoms with E-state index in [1.807, 2.05) is 42.2 Å². The topological polar surface area (TPSA) is 66.7 Å². The summed E-state index contributed by atoms with van der Waals surface area (Å²) in [6, 6.07) is 9.84. The van der Waals surface area contributed by atoms with E-state index in [0.29, 0.717) is 38.2 Å². The molecule has 2 amide bonds. The number of nitrogens with zero attached hydrogens (tertiary/aromatic N) is 3. The fourth-order valence-corrected chi connectivity index (χ4v) is 3.81. The molecular weight excluding hydrogens is 330 g/mol. The summed E-state index contributed by atoms with van der Waals surface area (Å²) in [5.41, 5.74) is 2.77. The van der Waals surface area contributed by atoms with Crippen molar-refractivity contribution in [2.45, 2.75) is 51.6 Å². The van der Waals surface area contributed by atoms with Crippen LogP contribution in [0.1, 0.15) is 43.0 Å². The maximum absolute atomic E-state index is 12.9. The number of benzene rings is 1. The van der Waals surface area contributed by atoms with Crippen LogP contribution in [-0.2, 0) is 29.0 Å². The maximum Gasteiger partial charge on any atom is 0.239 e. The highest BCUT2D eigenvalue weighted by Crippen LogP contribution is 2.33. The number of hydrogen-bond donors (Lipinski definition) is 0. The Morgan fingerprint density at radius 3 is 2.85 bits per heavy atom. The Morgan fingerprint density at radius 2 is 2.08 bits per heavy atom. The molecule has 4 rings (SSSR count). The number of amides is 2. The molecule has 0 N–H and O–H groups in total. The van der Waals surface area contributed by atoms with Gasteiger partial charge in [-0.05, 0) is 25.3 Å². The Bertz CT molecular complexity index is 815. The van der Waals surface area contributed by atoms with Gasteiger partial charge in [-0.15, -0.1) is 0 Å². The van der Waals surface area contributed by atoms with E-state index in [0.717, 1.165) is 29.7 Å². The summed E-state index contributed by atoms with van der Waals surface area (Å²) in [5.74, 6) is 0.705. The average Bonchev–Trinajstić information content (AvgIpc) is 3.04. The molecule has 0 saturated carbocycles. The van der Waals surface area contributed by atoms with Crippen LogP contribution >= 0.6 is 0 Å². The van der Waals surface area contributed by atoms with E-state index in [1.54, 1.807) is 4.90 Å². The van der Waals surface area contributed by atoms with E-state index in [2.05, 4.69) is 5.16 Å². The molecular formula is C20H23N3O3. The minimum absolute atomic E-state index is 0.0636. The van der Waals surface area contributed by atoms with Crippen LogP contribution in [0.3, 0.4) is 0 Å². The normalized spacial score (nSPS) is 20.2. The zero-order chi connectivity index (χ0) is 18.1. The summed E-state index contributed by atoms with van der Waals surface area (Å²) in [5, 5.41) is 4.19. The number of anilines is 1. The lowest BCUT2D eigenvalue weighted by molar-refractivity contribution is -0.133. The molecule has 2 aliphatic heterocycles. The predicted molar refractivity (Wildman–Crippen MR) is 96.6 cm³/mol. The second kappa shape index (κ2) is 6.94. The summed E-state index contributed by atoms with van der Waals surface area (Å²) in [4.78, 5) is 28.7. The van der Waals surface area contributed by atoms with Gasteiger partial charge in [-0.25, -0.2) is 0 Å². The van der Waals surface area contributed by atoms with Gasteiger partial charge in [-0.2, -0.15) is 0 Å². The van der Waals surface area contributed by atoms with Gasteiger partial charge in [0, 0.05) is 25.4 Å².